The van der Waals surface area contributed by atoms with Crippen molar-refractivity contribution in [2.75, 3.05) is 6.61 Å². The van der Waals surface area contributed by atoms with Crippen molar-refractivity contribution in [2.45, 2.75) is 31.5 Å². The number of rotatable bonds is 2. The quantitative estimate of drug-likeness (QED) is 0.907. The normalized spacial score (nSPS) is 29.6. The van der Waals surface area contributed by atoms with E-state index < -0.39 is 5.60 Å². The molecule has 0 bridgehead atoms. The van der Waals surface area contributed by atoms with E-state index in [0.717, 1.165) is 5.56 Å². The van der Waals surface area contributed by atoms with E-state index in [-0.39, 0.29) is 11.9 Å². The van der Waals surface area contributed by atoms with Gasteiger partial charge in [0.25, 0.3) is 0 Å². The van der Waals surface area contributed by atoms with E-state index in [1.165, 1.54) is 12.1 Å². The van der Waals surface area contributed by atoms with Crippen molar-refractivity contribution in [1.82, 2.24) is 0 Å². The summed E-state index contributed by atoms with van der Waals surface area (Å²) in [5, 5.41) is 10.4. The van der Waals surface area contributed by atoms with Gasteiger partial charge in [-0.25, -0.2) is 4.39 Å². The van der Waals surface area contributed by atoms with Gasteiger partial charge in [0.2, 0.25) is 0 Å². The molecule has 0 saturated carbocycles. The van der Waals surface area contributed by atoms with Crippen LogP contribution in [-0.4, -0.2) is 23.4 Å². The summed E-state index contributed by atoms with van der Waals surface area (Å²) < 4.78 is 19.0. The van der Waals surface area contributed by atoms with Gasteiger partial charge in [-0.1, -0.05) is 22.0 Å². The average molecular weight is 289 g/mol. The molecule has 2 unspecified atom stereocenters. The molecule has 1 fully saturated rings. The topological polar surface area (TPSA) is 29.5 Å². The summed E-state index contributed by atoms with van der Waals surface area (Å²) in [4.78, 5) is 0. The Morgan fingerprint density at radius 2 is 2.38 bits per heavy atom. The first-order valence-corrected chi connectivity index (χ1v) is 6.08. The third-order valence-corrected chi connectivity index (χ3v) is 3.91. The van der Waals surface area contributed by atoms with Crippen LogP contribution in [0, 0.1) is 5.82 Å². The molecule has 1 aromatic carbocycles. The zero-order valence-corrected chi connectivity index (χ0v) is 10.6. The molecule has 1 saturated heterocycles. The molecule has 4 heteroatoms. The van der Waals surface area contributed by atoms with Gasteiger partial charge in [-0.05, 0) is 24.6 Å². The van der Waals surface area contributed by atoms with E-state index in [9.17, 15) is 9.50 Å². The first-order valence-electron chi connectivity index (χ1n) is 5.29. The van der Waals surface area contributed by atoms with Crippen molar-refractivity contribution in [2.24, 2.45) is 0 Å². The summed E-state index contributed by atoms with van der Waals surface area (Å²) in [6.07, 6.45) is 0.928. The van der Waals surface area contributed by atoms with Crippen LogP contribution in [-0.2, 0) is 11.2 Å². The van der Waals surface area contributed by atoms with Crippen LogP contribution in [0.2, 0.25) is 0 Å². The van der Waals surface area contributed by atoms with E-state index in [0.29, 0.717) is 23.9 Å². The Morgan fingerprint density at radius 3 is 2.94 bits per heavy atom. The maximum atomic E-state index is 12.9. The molecule has 0 aromatic heterocycles. The average Bonchev–Trinajstić information content (AvgIpc) is 2.52. The lowest BCUT2D eigenvalue weighted by atomic mass is 9.89. The Hall–Kier alpha value is -0.450. The monoisotopic (exact) mass is 288 g/mol. The second-order valence-corrected chi connectivity index (χ2v) is 5.13. The fraction of sp³-hybridized carbons (Fsp3) is 0.500. The minimum absolute atomic E-state index is 0.176. The van der Waals surface area contributed by atoms with E-state index in [4.69, 9.17) is 4.74 Å². The number of hydrogen-bond donors (Lipinski definition) is 1. The summed E-state index contributed by atoms with van der Waals surface area (Å²) in [6.45, 7) is 2.45. The Balaban J connectivity index is 2.20. The number of hydrogen-bond acceptors (Lipinski definition) is 2. The third kappa shape index (κ3) is 2.29. The van der Waals surface area contributed by atoms with E-state index in [1.54, 1.807) is 6.07 Å². The van der Waals surface area contributed by atoms with E-state index in [2.05, 4.69) is 15.9 Å². The maximum absolute atomic E-state index is 12.9. The third-order valence-electron chi connectivity index (χ3n) is 3.17. The summed E-state index contributed by atoms with van der Waals surface area (Å²) >= 11 is 3.31. The van der Waals surface area contributed by atoms with Gasteiger partial charge in [0.15, 0.2) is 0 Å². The van der Waals surface area contributed by atoms with Gasteiger partial charge in [-0.15, -0.1) is 0 Å². The molecule has 2 nitrogen and oxygen atoms in total. The van der Waals surface area contributed by atoms with Crippen molar-refractivity contribution in [1.29, 1.82) is 0 Å². The SMILES string of the molecule is CC1OCCC1(O)Cc1ccc(F)cc1Br. The van der Waals surface area contributed by atoms with Crippen LogP contribution in [0.5, 0.6) is 0 Å². The molecule has 0 amide bonds. The maximum Gasteiger partial charge on any atom is 0.124 e. The lowest BCUT2D eigenvalue weighted by molar-refractivity contribution is -0.0269. The van der Waals surface area contributed by atoms with Gasteiger partial charge in [0.05, 0.1) is 11.7 Å². The highest BCUT2D eigenvalue weighted by molar-refractivity contribution is 9.10. The molecule has 1 aliphatic rings. The smallest absolute Gasteiger partial charge is 0.124 e. The lowest BCUT2D eigenvalue weighted by Crippen LogP contribution is -2.38. The second kappa shape index (κ2) is 4.43. The van der Waals surface area contributed by atoms with Crippen LogP contribution in [0.4, 0.5) is 4.39 Å². The molecule has 1 heterocycles. The fourth-order valence-corrected chi connectivity index (χ4v) is 2.49. The molecular formula is C12H14BrFO2. The highest BCUT2D eigenvalue weighted by atomic mass is 79.9. The van der Waals surface area contributed by atoms with Gasteiger partial charge < -0.3 is 9.84 Å². The van der Waals surface area contributed by atoms with Crippen molar-refractivity contribution in [3.63, 3.8) is 0 Å². The molecule has 1 aliphatic heterocycles. The van der Waals surface area contributed by atoms with Crippen LogP contribution in [0.25, 0.3) is 0 Å². The summed E-state index contributed by atoms with van der Waals surface area (Å²) in [5.74, 6) is -0.279. The van der Waals surface area contributed by atoms with Crippen LogP contribution >= 0.6 is 15.9 Å². The van der Waals surface area contributed by atoms with E-state index >= 15 is 0 Å². The van der Waals surface area contributed by atoms with Gasteiger partial charge >= 0.3 is 0 Å². The number of aliphatic hydroxyl groups is 1. The van der Waals surface area contributed by atoms with Crippen molar-refractivity contribution in [3.8, 4) is 0 Å². The minimum atomic E-state index is -0.833. The molecule has 1 N–H and O–H groups in total. The van der Waals surface area contributed by atoms with Crippen LogP contribution in [0.15, 0.2) is 22.7 Å². The minimum Gasteiger partial charge on any atom is -0.387 e. The lowest BCUT2D eigenvalue weighted by Gasteiger charge is -2.26. The number of halogens is 2. The molecular weight excluding hydrogens is 275 g/mol. The molecule has 1 aromatic rings. The Bertz CT molecular complexity index is 397. The van der Waals surface area contributed by atoms with E-state index in [1.807, 2.05) is 6.92 Å². The van der Waals surface area contributed by atoms with Crippen LogP contribution < -0.4 is 0 Å². The predicted molar refractivity (Wildman–Crippen MR) is 62.8 cm³/mol. The summed E-state index contributed by atoms with van der Waals surface area (Å²) in [7, 11) is 0. The van der Waals surface area contributed by atoms with Crippen molar-refractivity contribution >= 4 is 15.9 Å². The summed E-state index contributed by atoms with van der Waals surface area (Å²) in [6, 6.07) is 4.52. The predicted octanol–water partition coefficient (Wildman–Crippen LogP) is 2.67. The highest BCUT2D eigenvalue weighted by Crippen LogP contribution is 2.31. The molecule has 2 atom stereocenters. The van der Waals surface area contributed by atoms with Crippen LogP contribution in [0.3, 0.4) is 0 Å². The molecule has 0 spiro atoms. The van der Waals surface area contributed by atoms with Crippen molar-refractivity contribution in [3.05, 3.63) is 34.1 Å². The molecule has 88 valence electrons. The van der Waals surface area contributed by atoms with Gasteiger partial charge in [0.1, 0.15) is 5.82 Å². The first-order chi connectivity index (χ1) is 7.51. The Morgan fingerprint density at radius 1 is 1.62 bits per heavy atom. The standard InChI is InChI=1S/C12H14BrFO2/c1-8-12(15,4-5-16-8)7-9-2-3-10(14)6-11(9)13/h2-3,6,8,15H,4-5,7H2,1H3. The summed E-state index contributed by atoms with van der Waals surface area (Å²) in [5.41, 5.74) is 0.0709. The van der Waals surface area contributed by atoms with Gasteiger partial charge in [-0.2, -0.15) is 0 Å². The Kier molecular flexibility index (Phi) is 3.33. The zero-order chi connectivity index (χ0) is 11.8. The zero-order valence-electron chi connectivity index (χ0n) is 9.04. The molecule has 2 rings (SSSR count). The first kappa shape index (κ1) is 12.0. The van der Waals surface area contributed by atoms with Crippen LogP contribution in [0.1, 0.15) is 18.9 Å². The molecule has 16 heavy (non-hydrogen) atoms. The molecule has 0 aliphatic carbocycles. The number of ether oxygens (including phenoxy) is 1. The van der Waals surface area contributed by atoms with Gasteiger partial charge in [0, 0.05) is 23.9 Å². The second-order valence-electron chi connectivity index (χ2n) is 4.28. The Labute approximate surface area is 103 Å². The molecule has 0 radical (unpaired) electrons. The van der Waals surface area contributed by atoms with Crippen molar-refractivity contribution < 1.29 is 14.2 Å². The number of benzene rings is 1. The highest BCUT2D eigenvalue weighted by Gasteiger charge is 2.39. The largest absolute Gasteiger partial charge is 0.387 e. The fourth-order valence-electron chi connectivity index (χ4n) is 2.00. The van der Waals surface area contributed by atoms with Gasteiger partial charge in [-0.3, -0.25) is 0 Å².